The van der Waals surface area contributed by atoms with Gasteiger partial charge in [0.15, 0.2) is 0 Å². The van der Waals surface area contributed by atoms with E-state index >= 15 is 0 Å². The summed E-state index contributed by atoms with van der Waals surface area (Å²) in [6.07, 6.45) is 0.631. The Hall–Kier alpha value is -2.16. The summed E-state index contributed by atoms with van der Waals surface area (Å²) < 4.78 is 0. The lowest BCUT2D eigenvalue weighted by molar-refractivity contribution is -0.153. The van der Waals surface area contributed by atoms with Gasteiger partial charge in [0.2, 0.25) is 0 Å². The van der Waals surface area contributed by atoms with Crippen LogP contribution in [0.3, 0.4) is 0 Å². The highest BCUT2D eigenvalue weighted by atomic mass is 32.1. The minimum atomic E-state index is -0.665. The highest BCUT2D eigenvalue weighted by molar-refractivity contribution is 7.08. The molecule has 1 N–H and O–H groups in total. The Morgan fingerprint density at radius 2 is 1.96 bits per heavy atom. The molecule has 1 heterocycles. The lowest BCUT2D eigenvalue weighted by atomic mass is 9.71. The molecule has 0 spiro atoms. The molecule has 1 aromatic heterocycles. The number of nitrogens with zero attached hydrogens (tertiary/aromatic N) is 1. The minimum absolute atomic E-state index is 0.0951. The minimum Gasteiger partial charge on any atom is -0.370 e. The number of nitrogens with one attached hydrogen (secondary N) is 1. The quantitative estimate of drug-likeness (QED) is 0.660. The summed E-state index contributed by atoms with van der Waals surface area (Å²) in [5.41, 5.74) is 5.36. The summed E-state index contributed by atoms with van der Waals surface area (Å²) in [6, 6.07) is 12.4. The van der Waals surface area contributed by atoms with E-state index in [0.717, 1.165) is 11.1 Å². The molecule has 0 bridgehead atoms. The first-order valence-electron chi connectivity index (χ1n) is 8.84. The van der Waals surface area contributed by atoms with Gasteiger partial charge in [0.25, 0.3) is 0 Å². The van der Waals surface area contributed by atoms with Crippen molar-refractivity contribution in [2.24, 2.45) is 5.92 Å². The predicted molar refractivity (Wildman–Crippen MR) is 105 cm³/mol. The van der Waals surface area contributed by atoms with Gasteiger partial charge in [-0.05, 0) is 54.1 Å². The summed E-state index contributed by atoms with van der Waals surface area (Å²) in [7, 11) is 0. The van der Waals surface area contributed by atoms with Crippen molar-refractivity contribution in [3.8, 4) is 6.07 Å². The molecule has 2 rings (SSSR count). The van der Waals surface area contributed by atoms with Crippen LogP contribution in [0.1, 0.15) is 56.3 Å². The van der Waals surface area contributed by atoms with Gasteiger partial charge in [0, 0.05) is 6.42 Å². The van der Waals surface area contributed by atoms with E-state index in [9.17, 15) is 10.1 Å². The van der Waals surface area contributed by atoms with Gasteiger partial charge in [0.05, 0.1) is 17.5 Å². The Bertz CT molecular complexity index is 747. The average molecular weight is 371 g/mol. The van der Waals surface area contributed by atoms with E-state index in [2.05, 4.69) is 11.5 Å². The standard InChI is InChI=1S/C21H26N2O2S/c1-15(2)21(14-22,19-10-12-26-13-19)11-9-20(24)25-23-17(4)18-7-5-16(3)6-8-18/h5-8,10,12-13,15,17,23H,9,11H2,1-4H3/t17-,21-/m1/s1. The van der Waals surface area contributed by atoms with Crippen LogP contribution in [0.4, 0.5) is 0 Å². The Labute approximate surface area is 159 Å². The molecule has 0 aliphatic rings. The Morgan fingerprint density at radius 3 is 2.50 bits per heavy atom. The largest absolute Gasteiger partial charge is 0.370 e. The zero-order valence-corrected chi connectivity index (χ0v) is 16.6. The number of carbonyl (C=O) groups excluding carboxylic acids is 1. The maximum absolute atomic E-state index is 12.2. The Balaban J connectivity index is 1.92. The van der Waals surface area contributed by atoms with Crippen LogP contribution in [0.25, 0.3) is 0 Å². The van der Waals surface area contributed by atoms with E-state index in [1.54, 1.807) is 11.3 Å². The van der Waals surface area contributed by atoms with Crippen molar-refractivity contribution < 1.29 is 9.63 Å². The predicted octanol–water partition coefficient (Wildman–Crippen LogP) is 5.06. The van der Waals surface area contributed by atoms with Crippen LogP contribution in [-0.2, 0) is 15.0 Å². The zero-order chi connectivity index (χ0) is 19.2. The molecule has 2 atom stereocenters. The number of hydrogen-bond acceptors (Lipinski definition) is 5. The Morgan fingerprint density at radius 1 is 1.27 bits per heavy atom. The fourth-order valence-electron chi connectivity index (χ4n) is 2.96. The van der Waals surface area contributed by atoms with E-state index in [0.29, 0.717) is 6.42 Å². The molecule has 0 saturated carbocycles. The van der Waals surface area contributed by atoms with E-state index in [4.69, 9.17) is 4.84 Å². The molecule has 2 aromatic rings. The SMILES string of the molecule is Cc1ccc([C@@H](C)NOC(=O)CC[C@](C#N)(c2ccsc2)C(C)C)cc1. The van der Waals surface area contributed by atoms with Gasteiger partial charge in [-0.2, -0.15) is 16.6 Å². The third-order valence-electron chi connectivity index (χ3n) is 4.87. The second-order valence-electron chi connectivity index (χ2n) is 6.97. The van der Waals surface area contributed by atoms with Crippen molar-refractivity contribution in [3.63, 3.8) is 0 Å². The molecule has 0 unspecified atom stereocenters. The van der Waals surface area contributed by atoms with Crippen LogP contribution in [0.5, 0.6) is 0 Å². The van der Waals surface area contributed by atoms with Gasteiger partial charge in [-0.15, -0.1) is 5.48 Å². The van der Waals surface area contributed by atoms with Crippen LogP contribution in [0.2, 0.25) is 0 Å². The van der Waals surface area contributed by atoms with Gasteiger partial charge in [-0.3, -0.25) is 4.79 Å². The van der Waals surface area contributed by atoms with Crippen LogP contribution < -0.4 is 5.48 Å². The van der Waals surface area contributed by atoms with Gasteiger partial charge in [-0.25, -0.2) is 0 Å². The van der Waals surface area contributed by atoms with Crippen molar-refractivity contribution in [3.05, 3.63) is 57.8 Å². The molecule has 4 nitrogen and oxygen atoms in total. The van der Waals surface area contributed by atoms with E-state index < -0.39 is 5.41 Å². The number of thiophene rings is 1. The normalized spacial score (nSPS) is 14.5. The maximum atomic E-state index is 12.2. The number of hydrogen-bond donors (Lipinski definition) is 1. The molecule has 0 aliphatic carbocycles. The topological polar surface area (TPSA) is 62.1 Å². The molecule has 1 aromatic carbocycles. The van der Waals surface area contributed by atoms with Crippen molar-refractivity contribution in [2.75, 3.05) is 0 Å². The first-order chi connectivity index (χ1) is 12.4. The molecule has 0 fully saturated rings. The number of nitriles is 1. The number of carbonyl (C=O) groups is 1. The fourth-order valence-corrected chi connectivity index (χ4v) is 3.70. The fraction of sp³-hybridized carbons (Fsp3) is 0.429. The lowest BCUT2D eigenvalue weighted by Crippen LogP contribution is -2.32. The smallest absolute Gasteiger partial charge is 0.324 e. The highest BCUT2D eigenvalue weighted by Gasteiger charge is 2.37. The summed E-state index contributed by atoms with van der Waals surface area (Å²) in [5.74, 6) is -0.242. The summed E-state index contributed by atoms with van der Waals surface area (Å²) in [4.78, 5) is 17.4. The maximum Gasteiger partial charge on any atom is 0.324 e. The number of rotatable bonds is 8. The first-order valence-corrected chi connectivity index (χ1v) is 9.79. The molecule has 5 heteroatoms. The van der Waals surface area contributed by atoms with Gasteiger partial charge < -0.3 is 4.84 Å². The molecule has 0 aliphatic heterocycles. The average Bonchev–Trinajstić information content (AvgIpc) is 3.16. The van der Waals surface area contributed by atoms with Crippen LogP contribution >= 0.6 is 11.3 Å². The summed E-state index contributed by atoms with van der Waals surface area (Å²) >= 11 is 1.57. The van der Waals surface area contributed by atoms with Crippen molar-refractivity contribution >= 4 is 17.3 Å². The van der Waals surface area contributed by atoms with Gasteiger partial charge >= 0.3 is 5.97 Å². The third-order valence-corrected chi connectivity index (χ3v) is 5.55. The molecule has 0 radical (unpaired) electrons. The molecular formula is C21H26N2O2S. The van der Waals surface area contributed by atoms with E-state index in [1.807, 2.05) is 68.8 Å². The van der Waals surface area contributed by atoms with E-state index in [-0.39, 0.29) is 24.3 Å². The second-order valence-corrected chi connectivity index (χ2v) is 7.75. The van der Waals surface area contributed by atoms with Crippen LogP contribution in [0, 0.1) is 24.2 Å². The molecule has 0 saturated heterocycles. The zero-order valence-electron chi connectivity index (χ0n) is 15.8. The second kappa shape index (κ2) is 8.98. The molecule has 26 heavy (non-hydrogen) atoms. The van der Waals surface area contributed by atoms with Gasteiger partial charge in [0.1, 0.15) is 0 Å². The van der Waals surface area contributed by atoms with Crippen molar-refractivity contribution in [2.45, 2.75) is 52.0 Å². The molecule has 0 amide bonds. The van der Waals surface area contributed by atoms with Crippen molar-refractivity contribution in [1.29, 1.82) is 5.26 Å². The number of aryl methyl sites for hydroxylation is 1. The number of hydroxylamine groups is 1. The highest BCUT2D eigenvalue weighted by Crippen LogP contribution is 2.37. The third kappa shape index (κ3) is 4.72. The van der Waals surface area contributed by atoms with Crippen molar-refractivity contribution in [1.82, 2.24) is 5.48 Å². The van der Waals surface area contributed by atoms with Crippen LogP contribution in [-0.4, -0.2) is 5.97 Å². The lowest BCUT2D eigenvalue weighted by Gasteiger charge is -2.30. The van der Waals surface area contributed by atoms with E-state index in [1.165, 1.54) is 5.56 Å². The van der Waals surface area contributed by atoms with Crippen LogP contribution in [0.15, 0.2) is 41.1 Å². The molecular weight excluding hydrogens is 344 g/mol. The number of benzene rings is 1. The first kappa shape index (κ1) is 20.2. The summed E-state index contributed by atoms with van der Waals surface area (Å²) in [6.45, 7) is 8.01. The Kier molecular flexibility index (Phi) is 6.96. The molecule has 138 valence electrons. The monoisotopic (exact) mass is 370 g/mol. The summed E-state index contributed by atoms with van der Waals surface area (Å²) in [5, 5.41) is 13.8. The van der Waals surface area contributed by atoms with Gasteiger partial charge in [-0.1, -0.05) is 43.7 Å².